The van der Waals surface area contributed by atoms with Gasteiger partial charge in [-0.15, -0.1) is 0 Å². The third-order valence-corrected chi connectivity index (χ3v) is 13.6. The second kappa shape index (κ2) is 8.61. The van der Waals surface area contributed by atoms with E-state index in [9.17, 15) is 13.2 Å². The van der Waals surface area contributed by atoms with Gasteiger partial charge >= 0.3 is 0 Å². The average molecular weight is 509 g/mol. The van der Waals surface area contributed by atoms with Crippen molar-refractivity contribution >= 4 is 26.2 Å². The molecule has 5 rings (SSSR count). The van der Waals surface area contributed by atoms with Crippen LogP contribution in [0.1, 0.15) is 38.7 Å². The van der Waals surface area contributed by atoms with Crippen LogP contribution in [-0.2, 0) is 18.5 Å². The van der Waals surface area contributed by atoms with Crippen molar-refractivity contribution in [3.05, 3.63) is 90.5 Å². The minimum Gasteiger partial charge on any atom is -0.299 e. The summed E-state index contributed by atoms with van der Waals surface area (Å²) < 4.78 is 34.6. The number of carbonyl (C=O) groups is 1. The van der Waals surface area contributed by atoms with Crippen molar-refractivity contribution in [1.29, 1.82) is 0 Å². The van der Waals surface area contributed by atoms with E-state index in [0.717, 1.165) is 26.7 Å². The lowest BCUT2D eigenvalue weighted by molar-refractivity contribution is -0.128. The van der Waals surface area contributed by atoms with Gasteiger partial charge in [-0.05, 0) is 77.8 Å². The molecule has 2 atom stereocenters. The van der Waals surface area contributed by atoms with Crippen molar-refractivity contribution in [2.75, 3.05) is 5.75 Å². The molecule has 0 N–H and O–H groups in total. The van der Waals surface area contributed by atoms with E-state index in [2.05, 4.69) is 13.8 Å². The molecule has 184 valence electrons. The van der Waals surface area contributed by atoms with Gasteiger partial charge in [0.05, 0.1) is 11.2 Å². The van der Waals surface area contributed by atoms with E-state index in [1.807, 2.05) is 91.9 Å². The molecule has 3 aromatic rings. The Morgan fingerprint density at radius 2 is 1.34 bits per heavy atom. The van der Waals surface area contributed by atoms with Crippen molar-refractivity contribution in [1.82, 2.24) is 0 Å². The zero-order valence-electron chi connectivity index (χ0n) is 20.4. The largest absolute Gasteiger partial charge is 0.299 e. The summed E-state index contributed by atoms with van der Waals surface area (Å²) in [5, 5.41) is 0. The van der Waals surface area contributed by atoms with Crippen LogP contribution in [0.4, 0.5) is 0 Å². The van der Waals surface area contributed by atoms with Gasteiger partial charge in [0, 0.05) is 21.1 Å². The molecule has 0 amide bonds. The molecule has 35 heavy (non-hydrogen) atoms. The molecule has 2 saturated carbocycles. The molecule has 0 heterocycles. The first-order chi connectivity index (χ1) is 16.6. The van der Waals surface area contributed by atoms with Crippen LogP contribution in [-0.4, -0.2) is 20.0 Å². The quantitative estimate of drug-likeness (QED) is 0.347. The van der Waals surface area contributed by atoms with E-state index in [0.29, 0.717) is 12.8 Å². The SMILES string of the molecule is Cc1ccc(S(OS(=O)(=O)CC23CCC(CC2=O)C3(C)C)(c2ccccc2)c2ccccc2)cc1. The molecule has 4 nitrogen and oxygen atoms in total. The first kappa shape index (κ1) is 24.3. The van der Waals surface area contributed by atoms with Crippen LogP contribution in [0.15, 0.2) is 99.6 Å². The monoisotopic (exact) mass is 508 g/mol. The van der Waals surface area contributed by atoms with Gasteiger partial charge in [0.15, 0.2) is 0 Å². The highest BCUT2D eigenvalue weighted by molar-refractivity contribution is 8.33. The molecule has 0 spiro atoms. The molecule has 2 unspecified atom stereocenters. The summed E-state index contributed by atoms with van der Waals surface area (Å²) in [6, 6.07) is 27.1. The standard InChI is InChI=1S/C29H32O4S2/c1-22-14-16-26(17-15-22)35(24-10-6-4-7-11-24,25-12-8-5-9-13-25)33-34(31,32)21-29-19-18-23(20-27(29)30)28(29,2)3/h4-17,23H,18-21H2,1-3H3. The van der Waals surface area contributed by atoms with Gasteiger partial charge in [-0.3, -0.25) is 4.79 Å². The number of fused-ring (bicyclic) bond motifs is 2. The van der Waals surface area contributed by atoms with Crippen molar-refractivity contribution in [3.8, 4) is 0 Å². The van der Waals surface area contributed by atoms with Crippen LogP contribution in [0.5, 0.6) is 0 Å². The van der Waals surface area contributed by atoms with Crippen LogP contribution in [0.25, 0.3) is 0 Å². The number of benzene rings is 3. The minimum atomic E-state index is -4.11. The van der Waals surface area contributed by atoms with Gasteiger partial charge in [-0.2, -0.15) is 8.42 Å². The molecule has 0 aromatic heterocycles. The highest BCUT2D eigenvalue weighted by Crippen LogP contribution is 2.71. The second-order valence-corrected chi connectivity index (χ2v) is 14.9. The first-order valence-corrected chi connectivity index (χ1v) is 15.2. The van der Waals surface area contributed by atoms with Crippen molar-refractivity contribution in [3.63, 3.8) is 0 Å². The second-order valence-electron chi connectivity index (χ2n) is 10.4. The van der Waals surface area contributed by atoms with Gasteiger partial charge in [-0.25, -0.2) is 3.63 Å². The smallest absolute Gasteiger partial charge is 0.278 e. The Morgan fingerprint density at radius 1 is 0.829 bits per heavy atom. The predicted octanol–water partition coefficient (Wildman–Crippen LogP) is 6.93. The predicted molar refractivity (Wildman–Crippen MR) is 140 cm³/mol. The lowest BCUT2D eigenvalue weighted by Gasteiger charge is -2.41. The van der Waals surface area contributed by atoms with Crippen molar-refractivity contribution in [2.45, 2.75) is 54.7 Å². The van der Waals surface area contributed by atoms with E-state index in [-0.39, 0.29) is 22.9 Å². The number of ketones is 1. The summed E-state index contributed by atoms with van der Waals surface area (Å²) >= 11 is 0. The summed E-state index contributed by atoms with van der Waals surface area (Å²) in [5.41, 5.74) is -0.162. The maximum Gasteiger partial charge on any atom is 0.278 e. The van der Waals surface area contributed by atoms with Crippen LogP contribution in [0, 0.1) is 23.7 Å². The Labute approximate surface area is 210 Å². The van der Waals surface area contributed by atoms with Crippen molar-refractivity contribution < 1.29 is 16.8 Å². The highest BCUT2D eigenvalue weighted by Gasteiger charge is 2.65. The Bertz CT molecular complexity index is 1290. The molecule has 2 bridgehead atoms. The summed E-state index contributed by atoms with van der Waals surface area (Å²) in [6.07, 6.45) is 1.97. The van der Waals surface area contributed by atoms with E-state index >= 15 is 0 Å². The molecule has 6 heteroatoms. The summed E-state index contributed by atoms with van der Waals surface area (Å²) in [5.74, 6) is 0.0340. The Kier molecular flexibility index (Phi) is 5.98. The van der Waals surface area contributed by atoms with Gasteiger partial charge < -0.3 is 0 Å². The van der Waals surface area contributed by atoms with Gasteiger partial charge in [0.1, 0.15) is 5.78 Å². The third-order valence-electron chi connectivity index (χ3n) is 8.27. The van der Waals surface area contributed by atoms with Crippen LogP contribution in [0.3, 0.4) is 0 Å². The molecule has 2 aliphatic carbocycles. The van der Waals surface area contributed by atoms with Crippen LogP contribution < -0.4 is 0 Å². The maximum absolute atomic E-state index is 14.1. The maximum atomic E-state index is 14.1. The number of carbonyl (C=O) groups excluding carboxylic acids is 1. The van der Waals surface area contributed by atoms with E-state index in [4.69, 9.17) is 3.63 Å². The Morgan fingerprint density at radius 3 is 1.80 bits per heavy atom. The fourth-order valence-electron chi connectivity index (χ4n) is 6.07. The lowest BCUT2D eigenvalue weighted by Crippen LogP contribution is -2.42. The van der Waals surface area contributed by atoms with Gasteiger partial charge in [-0.1, -0.05) is 67.9 Å². The number of rotatable bonds is 7. The Balaban J connectivity index is 1.68. The topological polar surface area (TPSA) is 60.4 Å². The Hall–Kier alpha value is -2.41. The minimum absolute atomic E-state index is 0.0706. The van der Waals surface area contributed by atoms with E-state index in [1.54, 1.807) is 0 Å². The zero-order chi connectivity index (χ0) is 24.9. The summed E-state index contributed by atoms with van der Waals surface area (Å²) in [7, 11) is -6.73. The van der Waals surface area contributed by atoms with Crippen molar-refractivity contribution in [2.24, 2.45) is 16.7 Å². The van der Waals surface area contributed by atoms with Crippen LogP contribution >= 0.6 is 10.3 Å². The highest BCUT2D eigenvalue weighted by atomic mass is 32.3. The van der Waals surface area contributed by atoms with Crippen LogP contribution in [0.2, 0.25) is 0 Å². The molecule has 2 aliphatic rings. The molecule has 3 aromatic carbocycles. The average Bonchev–Trinajstić information content (AvgIpc) is 3.18. The normalized spacial score (nSPS) is 24.0. The number of hydrogen-bond donors (Lipinski definition) is 0. The molecular formula is C29H32O4S2. The zero-order valence-corrected chi connectivity index (χ0v) is 22.1. The number of hydrogen-bond acceptors (Lipinski definition) is 4. The van der Waals surface area contributed by atoms with E-state index in [1.165, 1.54) is 0 Å². The fourth-order valence-corrected chi connectivity index (χ4v) is 12.1. The lowest BCUT2D eigenvalue weighted by atomic mass is 9.70. The van der Waals surface area contributed by atoms with Gasteiger partial charge in [0.2, 0.25) is 0 Å². The molecule has 2 fully saturated rings. The molecule has 0 saturated heterocycles. The number of Topliss-reactive ketones (excluding diaryl/α,β-unsaturated/α-hetero) is 1. The number of aryl methyl sites for hydroxylation is 1. The molecule has 0 radical (unpaired) electrons. The van der Waals surface area contributed by atoms with E-state index < -0.39 is 25.8 Å². The fraction of sp³-hybridized carbons (Fsp3) is 0.345. The molecular weight excluding hydrogens is 476 g/mol. The summed E-state index contributed by atoms with van der Waals surface area (Å²) in [4.78, 5) is 15.6. The first-order valence-electron chi connectivity index (χ1n) is 12.1. The van der Waals surface area contributed by atoms with Gasteiger partial charge in [0.25, 0.3) is 10.1 Å². The summed E-state index contributed by atoms with van der Waals surface area (Å²) in [6.45, 7) is 6.12. The molecule has 0 aliphatic heterocycles. The third kappa shape index (κ3) is 3.87.